The molecule has 1 aromatic carbocycles. The first-order chi connectivity index (χ1) is 8.15. The molecule has 0 aliphatic carbocycles. The van der Waals surface area contributed by atoms with Crippen LogP contribution in [0.3, 0.4) is 0 Å². The molecule has 0 aliphatic heterocycles. The van der Waals surface area contributed by atoms with Crippen LogP contribution in [0.4, 0.5) is 5.69 Å². The lowest BCUT2D eigenvalue weighted by Gasteiger charge is -2.08. The van der Waals surface area contributed by atoms with Gasteiger partial charge < -0.3 is 5.32 Å². The summed E-state index contributed by atoms with van der Waals surface area (Å²) >= 11 is 15.3. The van der Waals surface area contributed by atoms with Gasteiger partial charge in [0.15, 0.2) is 0 Å². The van der Waals surface area contributed by atoms with Crippen LogP contribution in [0.5, 0.6) is 0 Å². The van der Waals surface area contributed by atoms with Gasteiger partial charge in [-0.2, -0.15) is 0 Å². The third-order valence-electron chi connectivity index (χ3n) is 2.22. The maximum Gasteiger partial charge on any atom is 0.131 e. The van der Waals surface area contributed by atoms with Gasteiger partial charge >= 0.3 is 0 Å². The Morgan fingerprint density at radius 1 is 1.18 bits per heavy atom. The van der Waals surface area contributed by atoms with Gasteiger partial charge in [-0.1, -0.05) is 39.1 Å². The minimum Gasteiger partial charge on any atom is -0.381 e. The summed E-state index contributed by atoms with van der Waals surface area (Å²) in [6.07, 6.45) is 1.66. The highest BCUT2D eigenvalue weighted by molar-refractivity contribution is 9.10. The van der Waals surface area contributed by atoms with Crippen LogP contribution >= 0.6 is 39.1 Å². The molecule has 1 N–H and O–H groups in total. The van der Waals surface area contributed by atoms with Crippen LogP contribution in [0.1, 0.15) is 5.56 Å². The van der Waals surface area contributed by atoms with Crippen molar-refractivity contribution in [1.29, 1.82) is 0 Å². The maximum absolute atomic E-state index is 6.09. The summed E-state index contributed by atoms with van der Waals surface area (Å²) in [6, 6.07) is 9.39. The van der Waals surface area contributed by atoms with Gasteiger partial charge in [-0.05, 0) is 35.9 Å². The van der Waals surface area contributed by atoms with Crippen molar-refractivity contribution >= 4 is 44.8 Å². The lowest BCUT2D eigenvalue weighted by Crippen LogP contribution is -2.00. The SMILES string of the molecule is Clc1cc(NCc2cc(Br)ccc2Cl)ccn1. The average Bonchev–Trinajstić information content (AvgIpc) is 2.30. The second kappa shape index (κ2) is 5.71. The molecule has 0 atom stereocenters. The summed E-state index contributed by atoms with van der Waals surface area (Å²) < 4.78 is 1.01. The van der Waals surface area contributed by atoms with Gasteiger partial charge in [-0.3, -0.25) is 0 Å². The molecule has 0 fully saturated rings. The van der Waals surface area contributed by atoms with Crippen LogP contribution in [0.25, 0.3) is 0 Å². The highest BCUT2D eigenvalue weighted by Crippen LogP contribution is 2.22. The number of anilines is 1. The van der Waals surface area contributed by atoms with Crippen molar-refractivity contribution in [2.24, 2.45) is 0 Å². The number of benzene rings is 1. The van der Waals surface area contributed by atoms with Crippen molar-refractivity contribution < 1.29 is 0 Å². The van der Waals surface area contributed by atoms with E-state index < -0.39 is 0 Å². The predicted octanol–water partition coefficient (Wildman–Crippen LogP) is 4.76. The smallest absolute Gasteiger partial charge is 0.131 e. The largest absolute Gasteiger partial charge is 0.381 e. The van der Waals surface area contributed by atoms with Gasteiger partial charge in [0.2, 0.25) is 0 Å². The second-order valence-corrected chi connectivity index (χ2v) is 5.17. The first-order valence-corrected chi connectivity index (χ1v) is 6.49. The fraction of sp³-hybridized carbons (Fsp3) is 0.0833. The van der Waals surface area contributed by atoms with Gasteiger partial charge in [0.25, 0.3) is 0 Å². The molecule has 2 aromatic rings. The molecule has 0 radical (unpaired) electrons. The van der Waals surface area contributed by atoms with E-state index in [1.807, 2.05) is 24.3 Å². The molecule has 0 amide bonds. The molecular formula is C12H9BrCl2N2. The van der Waals surface area contributed by atoms with Crippen LogP contribution in [0.2, 0.25) is 10.2 Å². The van der Waals surface area contributed by atoms with E-state index >= 15 is 0 Å². The standard InChI is InChI=1S/C12H9BrCl2N2/c13-9-1-2-11(14)8(5-9)7-17-10-3-4-16-12(15)6-10/h1-6H,7H2,(H,16,17). The fourth-order valence-electron chi connectivity index (χ4n) is 1.39. The molecule has 5 heteroatoms. The zero-order valence-corrected chi connectivity index (χ0v) is 11.9. The van der Waals surface area contributed by atoms with Crippen molar-refractivity contribution in [3.05, 3.63) is 56.7 Å². The Balaban J connectivity index is 2.09. The highest BCUT2D eigenvalue weighted by Gasteiger charge is 2.01. The van der Waals surface area contributed by atoms with Gasteiger partial charge in [-0.25, -0.2) is 4.98 Å². The van der Waals surface area contributed by atoms with Gasteiger partial charge in [0.1, 0.15) is 5.15 Å². The molecule has 2 rings (SSSR count). The van der Waals surface area contributed by atoms with Gasteiger partial charge in [0.05, 0.1) is 0 Å². The van der Waals surface area contributed by atoms with Crippen molar-refractivity contribution in [3.8, 4) is 0 Å². The fourth-order valence-corrected chi connectivity index (χ4v) is 2.16. The Hall–Kier alpha value is -0.770. The Kier molecular flexibility index (Phi) is 4.26. The maximum atomic E-state index is 6.09. The molecule has 1 aromatic heterocycles. The van der Waals surface area contributed by atoms with E-state index in [1.54, 1.807) is 12.3 Å². The van der Waals surface area contributed by atoms with Crippen molar-refractivity contribution in [2.75, 3.05) is 5.32 Å². The van der Waals surface area contributed by atoms with E-state index in [1.165, 1.54) is 0 Å². The summed E-state index contributed by atoms with van der Waals surface area (Å²) in [6.45, 7) is 0.638. The molecule has 0 saturated carbocycles. The van der Waals surface area contributed by atoms with Crippen molar-refractivity contribution in [3.63, 3.8) is 0 Å². The molecule has 88 valence electrons. The van der Waals surface area contributed by atoms with E-state index in [2.05, 4.69) is 26.2 Å². The summed E-state index contributed by atoms with van der Waals surface area (Å²) in [5, 5.41) is 4.44. The molecule has 0 saturated heterocycles. The van der Waals surface area contributed by atoms with Crippen molar-refractivity contribution in [1.82, 2.24) is 4.98 Å². The Morgan fingerprint density at radius 2 is 2.00 bits per heavy atom. The lowest BCUT2D eigenvalue weighted by molar-refractivity contribution is 1.14. The van der Waals surface area contributed by atoms with Crippen molar-refractivity contribution in [2.45, 2.75) is 6.54 Å². The van der Waals surface area contributed by atoms with Gasteiger partial charge in [-0.15, -0.1) is 0 Å². The van der Waals surface area contributed by atoms with E-state index in [0.717, 1.165) is 20.7 Å². The quantitative estimate of drug-likeness (QED) is 0.820. The van der Waals surface area contributed by atoms with Crippen LogP contribution in [-0.2, 0) is 6.54 Å². The first kappa shape index (κ1) is 12.7. The topological polar surface area (TPSA) is 24.9 Å². The number of nitrogens with zero attached hydrogens (tertiary/aromatic N) is 1. The zero-order valence-electron chi connectivity index (χ0n) is 8.75. The third kappa shape index (κ3) is 3.60. The molecule has 17 heavy (non-hydrogen) atoms. The average molecular weight is 332 g/mol. The third-order valence-corrected chi connectivity index (χ3v) is 3.29. The molecule has 1 heterocycles. The summed E-state index contributed by atoms with van der Waals surface area (Å²) in [4.78, 5) is 3.92. The van der Waals surface area contributed by atoms with E-state index in [4.69, 9.17) is 23.2 Å². The number of hydrogen-bond donors (Lipinski definition) is 1. The number of rotatable bonds is 3. The summed E-state index contributed by atoms with van der Waals surface area (Å²) in [5.41, 5.74) is 1.94. The normalized spacial score (nSPS) is 10.3. The minimum absolute atomic E-state index is 0.468. The summed E-state index contributed by atoms with van der Waals surface area (Å²) in [5.74, 6) is 0. The Bertz CT molecular complexity index is 532. The number of hydrogen-bond acceptors (Lipinski definition) is 2. The molecule has 0 unspecified atom stereocenters. The summed E-state index contributed by atoms with van der Waals surface area (Å²) in [7, 11) is 0. The van der Waals surface area contributed by atoms with E-state index in [-0.39, 0.29) is 0 Å². The molecule has 0 bridgehead atoms. The Morgan fingerprint density at radius 3 is 2.76 bits per heavy atom. The molecular weight excluding hydrogens is 323 g/mol. The molecule has 0 spiro atoms. The predicted molar refractivity (Wildman–Crippen MR) is 75.7 cm³/mol. The zero-order chi connectivity index (χ0) is 12.3. The van der Waals surface area contributed by atoms with Crippen LogP contribution in [0.15, 0.2) is 41.0 Å². The lowest BCUT2D eigenvalue weighted by atomic mass is 10.2. The number of pyridine rings is 1. The monoisotopic (exact) mass is 330 g/mol. The van der Waals surface area contributed by atoms with Crippen LogP contribution in [-0.4, -0.2) is 4.98 Å². The van der Waals surface area contributed by atoms with Crippen LogP contribution < -0.4 is 5.32 Å². The number of nitrogens with one attached hydrogen (secondary N) is 1. The van der Waals surface area contributed by atoms with Crippen LogP contribution in [0, 0.1) is 0 Å². The Labute approximate surface area is 118 Å². The molecule has 0 aliphatic rings. The number of aromatic nitrogens is 1. The van der Waals surface area contributed by atoms with E-state index in [0.29, 0.717) is 11.7 Å². The molecule has 2 nitrogen and oxygen atoms in total. The number of halogens is 3. The first-order valence-electron chi connectivity index (χ1n) is 4.94. The highest BCUT2D eigenvalue weighted by atomic mass is 79.9. The van der Waals surface area contributed by atoms with E-state index in [9.17, 15) is 0 Å². The van der Waals surface area contributed by atoms with Gasteiger partial charge in [0, 0.05) is 27.9 Å². The second-order valence-electron chi connectivity index (χ2n) is 3.46. The minimum atomic E-state index is 0.468.